The van der Waals surface area contributed by atoms with E-state index in [0.717, 1.165) is 31.3 Å². The maximum absolute atomic E-state index is 12.2. The van der Waals surface area contributed by atoms with Crippen LogP contribution >= 0.6 is 0 Å². The van der Waals surface area contributed by atoms with Crippen LogP contribution in [0.5, 0.6) is 0 Å². The zero-order valence-electron chi connectivity index (χ0n) is 21.7. The fourth-order valence-corrected chi connectivity index (χ4v) is 8.89. The van der Waals surface area contributed by atoms with Gasteiger partial charge in [-0.25, -0.2) is 12.7 Å². The molecule has 0 bridgehead atoms. The molecule has 1 heterocycles. The molecule has 2 fully saturated rings. The van der Waals surface area contributed by atoms with Gasteiger partial charge in [-0.15, -0.1) is 0 Å². The molecule has 2 aromatic rings. The molecule has 1 N–H and O–H groups in total. The summed E-state index contributed by atoms with van der Waals surface area (Å²) in [5, 5.41) is 14.3. The number of aromatic nitrogens is 1. The van der Waals surface area contributed by atoms with E-state index in [4.69, 9.17) is 0 Å². The monoisotopic (exact) mass is 506 g/mol. The molecule has 5 nitrogen and oxygen atoms in total. The Morgan fingerprint density at radius 2 is 1.94 bits per heavy atom. The SMILES string of the molecule is CN(C1CCC2=CC3=CCC4(C)C(c5ccc6ccncc6c5)CCC4C3CCC2(O)C1)S(C)(=O)=O. The van der Waals surface area contributed by atoms with Crippen LogP contribution in [0, 0.1) is 17.3 Å². The van der Waals surface area contributed by atoms with Crippen molar-refractivity contribution in [3.05, 3.63) is 65.5 Å². The third-order valence-corrected chi connectivity index (χ3v) is 11.7. The summed E-state index contributed by atoms with van der Waals surface area (Å²) in [7, 11) is -1.62. The van der Waals surface area contributed by atoms with E-state index in [0.29, 0.717) is 30.6 Å². The minimum Gasteiger partial charge on any atom is -0.385 e. The first-order valence-electron chi connectivity index (χ1n) is 13.5. The van der Waals surface area contributed by atoms with Gasteiger partial charge in [0.25, 0.3) is 0 Å². The van der Waals surface area contributed by atoms with E-state index in [1.54, 1.807) is 7.05 Å². The number of rotatable bonds is 3. The summed E-state index contributed by atoms with van der Waals surface area (Å²) >= 11 is 0. The first kappa shape index (κ1) is 24.3. The van der Waals surface area contributed by atoms with Gasteiger partial charge in [0, 0.05) is 30.9 Å². The molecular weight excluding hydrogens is 468 g/mol. The predicted molar refractivity (Wildman–Crippen MR) is 144 cm³/mol. The molecule has 6 heteroatoms. The van der Waals surface area contributed by atoms with Crippen LogP contribution in [0.4, 0.5) is 0 Å². The summed E-state index contributed by atoms with van der Waals surface area (Å²) in [6.45, 7) is 2.49. The Hall–Kier alpha value is -2.02. The summed E-state index contributed by atoms with van der Waals surface area (Å²) in [6, 6.07) is 8.86. The van der Waals surface area contributed by atoms with Gasteiger partial charge in [0.05, 0.1) is 11.9 Å². The van der Waals surface area contributed by atoms with Crippen molar-refractivity contribution in [2.45, 2.75) is 75.9 Å². The van der Waals surface area contributed by atoms with Gasteiger partial charge in [0.15, 0.2) is 0 Å². The molecule has 0 aliphatic heterocycles. The van der Waals surface area contributed by atoms with Crippen molar-refractivity contribution < 1.29 is 13.5 Å². The highest BCUT2D eigenvalue weighted by Crippen LogP contribution is 2.62. The average molecular weight is 507 g/mol. The van der Waals surface area contributed by atoms with Crippen molar-refractivity contribution >= 4 is 20.8 Å². The molecule has 1 aromatic carbocycles. The zero-order valence-corrected chi connectivity index (χ0v) is 22.5. The van der Waals surface area contributed by atoms with E-state index in [2.05, 4.69) is 48.3 Å². The molecule has 0 saturated heterocycles. The number of fused-ring (bicyclic) bond motifs is 5. The van der Waals surface area contributed by atoms with Crippen molar-refractivity contribution in [1.29, 1.82) is 0 Å². The third kappa shape index (κ3) is 3.88. The Bertz CT molecular complexity index is 1370. The zero-order chi connectivity index (χ0) is 25.3. The van der Waals surface area contributed by atoms with Gasteiger partial charge in [-0.3, -0.25) is 4.98 Å². The van der Waals surface area contributed by atoms with Crippen molar-refractivity contribution in [2.75, 3.05) is 13.3 Å². The van der Waals surface area contributed by atoms with Crippen molar-refractivity contribution in [1.82, 2.24) is 9.29 Å². The normalized spacial score (nSPS) is 36.5. The molecule has 6 atom stereocenters. The van der Waals surface area contributed by atoms with Gasteiger partial charge in [-0.2, -0.15) is 0 Å². The first-order valence-corrected chi connectivity index (χ1v) is 15.3. The lowest BCUT2D eigenvalue weighted by Gasteiger charge is -2.44. The Kier molecular flexibility index (Phi) is 5.75. The fraction of sp³-hybridized carbons (Fsp3) is 0.567. The van der Waals surface area contributed by atoms with E-state index >= 15 is 0 Å². The van der Waals surface area contributed by atoms with Gasteiger partial charge in [-0.05, 0) is 109 Å². The average Bonchev–Trinajstić information content (AvgIpc) is 3.12. The maximum atomic E-state index is 12.2. The summed E-state index contributed by atoms with van der Waals surface area (Å²) < 4.78 is 25.8. The highest BCUT2D eigenvalue weighted by atomic mass is 32.2. The summed E-state index contributed by atoms with van der Waals surface area (Å²) in [4.78, 5) is 4.34. The van der Waals surface area contributed by atoms with Crippen LogP contribution in [0.15, 0.2) is 60.0 Å². The molecular formula is C30H38N2O3S. The number of pyridine rings is 1. The van der Waals surface area contributed by atoms with Crippen molar-refractivity contribution in [3.63, 3.8) is 0 Å². The minimum absolute atomic E-state index is 0.139. The molecule has 0 amide bonds. The maximum Gasteiger partial charge on any atom is 0.211 e. The predicted octanol–water partition coefficient (Wildman–Crippen LogP) is 5.58. The number of benzene rings is 1. The van der Waals surface area contributed by atoms with Crippen LogP contribution in [0.1, 0.15) is 69.8 Å². The number of nitrogens with zero attached hydrogens (tertiary/aromatic N) is 2. The molecule has 6 rings (SSSR count). The van der Waals surface area contributed by atoms with Crippen LogP contribution in [0.25, 0.3) is 10.8 Å². The molecule has 4 aliphatic carbocycles. The number of hydrogen-bond donors (Lipinski definition) is 1. The topological polar surface area (TPSA) is 70.5 Å². The molecule has 192 valence electrons. The molecule has 1 aromatic heterocycles. The first-order chi connectivity index (χ1) is 17.1. The third-order valence-electron chi connectivity index (χ3n) is 10.3. The molecule has 0 radical (unpaired) electrons. The Morgan fingerprint density at radius 3 is 2.75 bits per heavy atom. The van der Waals surface area contributed by atoms with Crippen LogP contribution in [0.2, 0.25) is 0 Å². The second kappa shape index (κ2) is 8.50. The second-order valence-corrected chi connectivity index (χ2v) is 14.2. The number of sulfonamides is 1. The van der Waals surface area contributed by atoms with E-state index in [9.17, 15) is 13.5 Å². The van der Waals surface area contributed by atoms with Crippen LogP contribution in [-0.4, -0.2) is 47.8 Å². The summed E-state index contributed by atoms with van der Waals surface area (Å²) in [6.07, 6.45) is 17.1. The van der Waals surface area contributed by atoms with Crippen LogP contribution in [-0.2, 0) is 10.0 Å². The summed E-state index contributed by atoms with van der Waals surface area (Å²) in [5.74, 6) is 1.59. The van der Waals surface area contributed by atoms with E-state index in [1.807, 2.05) is 12.4 Å². The largest absolute Gasteiger partial charge is 0.385 e. The van der Waals surface area contributed by atoms with E-state index < -0.39 is 15.6 Å². The second-order valence-electron chi connectivity index (χ2n) is 12.2. The molecule has 36 heavy (non-hydrogen) atoms. The molecule has 0 spiro atoms. The van der Waals surface area contributed by atoms with E-state index in [-0.39, 0.29) is 11.5 Å². The van der Waals surface area contributed by atoms with Gasteiger partial charge in [0.1, 0.15) is 0 Å². The van der Waals surface area contributed by atoms with E-state index in [1.165, 1.54) is 45.3 Å². The van der Waals surface area contributed by atoms with Gasteiger partial charge >= 0.3 is 0 Å². The highest BCUT2D eigenvalue weighted by molar-refractivity contribution is 7.88. The number of allylic oxidation sites excluding steroid dienone is 3. The lowest BCUT2D eigenvalue weighted by atomic mass is 9.60. The highest BCUT2D eigenvalue weighted by Gasteiger charge is 2.53. The van der Waals surface area contributed by atoms with Crippen LogP contribution < -0.4 is 0 Å². The lowest BCUT2D eigenvalue weighted by molar-refractivity contribution is 0.0154. The molecule has 4 aliphatic rings. The smallest absolute Gasteiger partial charge is 0.211 e. The number of aliphatic hydroxyl groups is 1. The minimum atomic E-state index is -3.28. The quantitative estimate of drug-likeness (QED) is 0.590. The van der Waals surface area contributed by atoms with Crippen molar-refractivity contribution in [2.24, 2.45) is 17.3 Å². The van der Waals surface area contributed by atoms with Gasteiger partial charge < -0.3 is 5.11 Å². The molecule has 2 saturated carbocycles. The van der Waals surface area contributed by atoms with Crippen LogP contribution in [0.3, 0.4) is 0 Å². The van der Waals surface area contributed by atoms with Crippen molar-refractivity contribution in [3.8, 4) is 0 Å². The Morgan fingerprint density at radius 1 is 1.11 bits per heavy atom. The standard InChI is InChI=1S/C30H38N2O3S/c1-29-13-10-21-17-24-6-7-25(32(2)36(3,34)35)18-30(24,33)14-11-26(21)28(29)9-8-27(29)22-5-4-20-12-15-31-19-23(20)16-22/h4-5,10,12,15-17,19,25-28,33H,6-9,11,13-14,18H2,1-3H3. The Labute approximate surface area is 215 Å². The molecule has 6 unspecified atom stereocenters. The Balaban J connectivity index is 1.27. The number of hydrogen-bond acceptors (Lipinski definition) is 4. The van der Waals surface area contributed by atoms with Gasteiger partial charge in [-0.1, -0.05) is 31.2 Å². The fourth-order valence-electron chi connectivity index (χ4n) is 8.16. The van der Waals surface area contributed by atoms with Gasteiger partial charge in [0.2, 0.25) is 10.0 Å². The lowest BCUT2D eigenvalue weighted by Crippen LogP contribution is -2.47. The summed E-state index contributed by atoms with van der Waals surface area (Å²) in [5.41, 5.74) is 3.28.